The first kappa shape index (κ1) is 11.2. The van der Waals surface area contributed by atoms with E-state index < -0.39 is 0 Å². The molecular weight excluding hydrogens is 212 g/mol. The van der Waals surface area contributed by atoms with Gasteiger partial charge in [0.15, 0.2) is 0 Å². The van der Waals surface area contributed by atoms with Crippen LogP contribution in [0.15, 0.2) is 6.07 Å². The van der Waals surface area contributed by atoms with Crippen molar-refractivity contribution >= 4 is 0 Å². The number of aromatic nitrogens is 2. The van der Waals surface area contributed by atoms with Gasteiger partial charge in [-0.1, -0.05) is 6.42 Å². The number of nitrogens with one attached hydrogen (secondary N) is 1. The van der Waals surface area contributed by atoms with Gasteiger partial charge in [0.2, 0.25) is 0 Å². The van der Waals surface area contributed by atoms with Crippen molar-refractivity contribution in [1.82, 2.24) is 15.1 Å². The molecular formula is C13H22N4. The van der Waals surface area contributed by atoms with Crippen LogP contribution in [0, 0.1) is 0 Å². The summed E-state index contributed by atoms with van der Waals surface area (Å²) in [6, 6.07) is 2.82. The summed E-state index contributed by atoms with van der Waals surface area (Å²) in [6.45, 7) is 2.95. The van der Waals surface area contributed by atoms with E-state index in [2.05, 4.69) is 21.2 Å². The molecule has 0 radical (unpaired) electrons. The average Bonchev–Trinajstić information content (AvgIpc) is 3.11. The zero-order chi connectivity index (χ0) is 11.7. The third kappa shape index (κ3) is 2.53. The Morgan fingerprint density at radius 1 is 1.35 bits per heavy atom. The Balaban J connectivity index is 1.63. The molecule has 0 spiro atoms. The Bertz CT molecular complexity index is 369. The van der Waals surface area contributed by atoms with Crippen LogP contribution < -0.4 is 5.73 Å². The minimum Gasteiger partial charge on any atom is -0.329 e. The van der Waals surface area contributed by atoms with Gasteiger partial charge in [-0.25, -0.2) is 0 Å². The largest absolute Gasteiger partial charge is 0.329 e. The molecule has 1 aromatic heterocycles. The van der Waals surface area contributed by atoms with E-state index in [1.165, 1.54) is 50.0 Å². The monoisotopic (exact) mass is 234 g/mol. The van der Waals surface area contributed by atoms with Gasteiger partial charge in [0.25, 0.3) is 0 Å². The molecule has 1 aromatic rings. The van der Waals surface area contributed by atoms with Crippen molar-refractivity contribution in [2.45, 2.75) is 50.6 Å². The fraction of sp³-hybridized carbons (Fsp3) is 0.769. The Kier molecular flexibility index (Phi) is 3.16. The second-order valence-corrected chi connectivity index (χ2v) is 5.45. The van der Waals surface area contributed by atoms with Crippen LogP contribution in [0.4, 0.5) is 0 Å². The molecule has 1 saturated heterocycles. The summed E-state index contributed by atoms with van der Waals surface area (Å²) >= 11 is 0. The minimum absolute atomic E-state index is 0.566. The van der Waals surface area contributed by atoms with Crippen molar-refractivity contribution in [3.05, 3.63) is 17.5 Å². The second kappa shape index (κ2) is 4.78. The summed E-state index contributed by atoms with van der Waals surface area (Å²) in [7, 11) is 0. The van der Waals surface area contributed by atoms with Gasteiger partial charge in [-0.05, 0) is 38.3 Å². The van der Waals surface area contributed by atoms with Crippen LogP contribution in [0.2, 0.25) is 0 Å². The maximum Gasteiger partial charge on any atom is 0.0656 e. The van der Waals surface area contributed by atoms with Gasteiger partial charge < -0.3 is 5.73 Å². The third-order valence-corrected chi connectivity index (χ3v) is 4.04. The number of piperidine rings is 1. The number of hydrogen-bond acceptors (Lipinski definition) is 3. The molecule has 1 atom stereocenters. The Morgan fingerprint density at radius 2 is 2.24 bits per heavy atom. The molecule has 4 nitrogen and oxygen atoms in total. The number of nitrogens with two attached hydrogens (primary N) is 1. The molecule has 17 heavy (non-hydrogen) atoms. The highest BCUT2D eigenvalue weighted by Gasteiger charge is 2.27. The molecule has 0 unspecified atom stereocenters. The van der Waals surface area contributed by atoms with E-state index in [0.717, 1.165) is 19.0 Å². The van der Waals surface area contributed by atoms with Crippen LogP contribution in [0.1, 0.15) is 49.4 Å². The van der Waals surface area contributed by atoms with E-state index in [-0.39, 0.29) is 0 Å². The van der Waals surface area contributed by atoms with Crippen molar-refractivity contribution in [2.24, 2.45) is 5.73 Å². The molecule has 94 valence electrons. The molecule has 1 aliphatic heterocycles. The molecule has 0 amide bonds. The molecule has 2 fully saturated rings. The van der Waals surface area contributed by atoms with Gasteiger partial charge in [-0.3, -0.25) is 10.00 Å². The van der Waals surface area contributed by atoms with Gasteiger partial charge in [0.1, 0.15) is 0 Å². The summed E-state index contributed by atoms with van der Waals surface area (Å²) in [5, 5.41) is 7.60. The molecule has 1 saturated carbocycles. The SMILES string of the molecule is NC[C@@H]1CCCCN1Cc1cc(C2CC2)n[nH]1. The van der Waals surface area contributed by atoms with Crippen molar-refractivity contribution in [3.8, 4) is 0 Å². The Hall–Kier alpha value is -0.870. The van der Waals surface area contributed by atoms with Crippen LogP contribution in [0.25, 0.3) is 0 Å². The molecule has 4 heteroatoms. The maximum atomic E-state index is 5.84. The fourth-order valence-electron chi connectivity index (χ4n) is 2.80. The molecule has 0 bridgehead atoms. The van der Waals surface area contributed by atoms with Crippen molar-refractivity contribution < 1.29 is 0 Å². The highest BCUT2D eigenvalue weighted by Crippen LogP contribution is 2.39. The highest BCUT2D eigenvalue weighted by atomic mass is 15.2. The zero-order valence-corrected chi connectivity index (χ0v) is 10.4. The molecule has 3 N–H and O–H groups in total. The van der Waals surface area contributed by atoms with Crippen LogP contribution in [0.5, 0.6) is 0 Å². The average molecular weight is 234 g/mol. The normalized spacial score (nSPS) is 26.3. The molecule has 3 rings (SSSR count). The summed E-state index contributed by atoms with van der Waals surface area (Å²) < 4.78 is 0. The van der Waals surface area contributed by atoms with E-state index in [9.17, 15) is 0 Å². The number of hydrogen-bond donors (Lipinski definition) is 2. The van der Waals surface area contributed by atoms with Crippen molar-refractivity contribution in [1.29, 1.82) is 0 Å². The quantitative estimate of drug-likeness (QED) is 0.832. The van der Waals surface area contributed by atoms with Crippen molar-refractivity contribution in [2.75, 3.05) is 13.1 Å². The van der Waals surface area contributed by atoms with E-state index >= 15 is 0 Å². The highest BCUT2D eigenvalue weighted by molar-refractivity contribution is 5.17. The van der Waals surface area contributed by atoms with Crippen LogP contribution in [-0.2, 0) is 6.54 Å². The van der Waals surface area contributed by atoms with Gasteiger partial charge in [-0.15, -0.1) is 0 Å². The fourth-order valence-corrected chi connectivity index (χ4v) is 2.80. The van der Waals surface area contributed by atoms with Gasteiger partial charge in [0.05, 0.1) is 5.69 Å². The first-order valence-corrected chi connectivity index (χ1v) is 6.85. The van der Waals surface area contributed by atoms with Gasteiger partial charge >= 0.3 is 0 Å². The molecule has 2 heterocycles. The topological polar surface area (TPSA) is 57.9 Å². The first-order valence-electron chi connectivity index (χ1n) is 6.85. The van der Waals surface area contributed by atoms with E-state index in [1.807, 2.05) is 0 Å². The number of H-pyrrole nitrogens is 1. The van der Waals surface area contributed by atoms with Crippen LogP contribution in [0.3, 0.4) is 0 Å². The number of nitrogens with zero attached hydrogens (tertiary/aromatic N) is 2. The number of rotatable bonds is 4. The van der Waals surface area contributed by atoms with Crippen molar-refractivity contribution in [3.63, 3.8) is 0 Å². The maximum absolute atomic E-state index is 5.84. The zero-order valence-electron chi connectivity index (χ0n) is 10.4. The molecule has 1 aliphatic carbocycles. The molecule has 0 aromatic carbocycles. The van der Waals surface area contributed by atoms with Crippen LogP contribution >= 0.6 is 0 Å². The lowest BCUT2D eigenvalue weighted by molar-refractivity contribution is 0.143. The predicted molar refractivity (Wildman–Crippen MR) is 67.7 cm³/mol. The van der Waals surface area contributed by atoms with E-state index in [1.54, 1.807) is 0 Å². The summed E-state index contributed by atoms with van der Waals surface area (Å²) in [4.78, 5) is 2.51. The van der Waals surface area contributed by atoms with Crippen LogP contribution in [-0.4, -0.2) is 34.2 Å². The van der Waals surface area contributed by atoms with E-state index in [4.69, 9.17) is 5.73 Å². The smallest absolute Gasteiger partial charge is 0.0656 e. The van der Waals surface area contributed by atoms with Gasteiger partial charge in [-0.2, -0.15) is 5.10 Å². The Labute approximate surface area is 103 Å². The summed E-state index contributed by atoms with van der Waals surface area (Å²) in [5.74, 6) is 0.742. The third-order valence-electron chi connectivity index (χ3n) is 4.04. The number of likely N-dealkylation sites (tertiary alicyclic amines) is 1. The lowest BCUT2D eigenvalue weighted by Crippen LogP contribution is -2.43. The standard InChI is InChI=1S/C13H22N4/c14-8-12-3-1-2-6-17(12)9-11-7-13(16-15-11)10-4-5-10/h7,10,12H,1-6,8-9,14H2,(H,15,16)/t12-/m0/s1. The number of aromatic amines is 1. The van der Waals surface area contributed by atoms with E-state index in [0.29, 0.717) is 6.04 Å². The predicted octanol–water partition coefficient (Wildman–Crippen LogP) is 1.60. The second-order valence-electron chi connectivity index (χ2n) is 5.45. The minimum atomic E-state index is 0.566. The Morgan fingerprint density at radius 3 is 3.00 bits per heavy atom. The lowest BCUT2D eigenvalue weighted by Gasteiger charge is -2.34. The van der Waals surface area contributed by atoms with Gasteiger partial charge in [0, 0.05) is 30.7 Å². The summed E-state index contributed by atoms with van der Waals surface area (Å²) in [5.41, 5.74) is 8.37. The summed E-state index contributed by atoms with van der Waals surface area (Å²) in [6.07, 6.45) is 6.52. The lowest BCUT2D eigenvalue weighted by atomic mass is 10.0. The molecule has 2 aliphatic rings. The first-order chi connectivity index (χ1) is 8.36.